The van der Waals surface area contributed by atoms with E-state index >= 15 is 0 Å². The average Bonchev–Trinajstić information content (AvgIpc) is 2.80. The van der Waals surface area contributed by atoms with Crippen molar-refractivity contribution >= 4 is 15.4 Å². The molecule has 0 amide bonds. The molecule has 5 heteroatoms. The van der Waals surface area contributed by atoms with Crippen LogP contribution in [0, 0.1) is 11.7 Å². The predicted octanol–water partition coefficient (Wildman–Crippen LogP) is 5.72. The van der Waals surface area contributed by atoms with E-state index < -0.39 is 15.7 Å². The number of piperidine rings is 1. The zero-order chi connectivity index (χ0) is 21.1. The number of halogens is 1. The quantitative estimate of drug-likeness (QED) is 0.573. The number of benzene rings is 2. The second kappa shape index (κ2) is 9.03. The molecule has 2 aliphatic rings. The van der Waals surface area contributed by atoms with Crippen LogP contribution in [-0.2, 0) is 9.84 Å². The second-order valence-corrected chi connectivity index (χ2v) is 10.6. The monoisotopic (exact) mass is 427 g/mol. The Kier molecular flexibility index (Phi) is 6.40. The third-order valence-corrected chi connectivity index (χ3v) is 8.56. The number of hydrogen-bond donors (Lipinski definition) is 0. The molecule has 1 aliphatic heterocycles. The Morgan fingerprint density at radius 2 is 1.37 bits per heavy atom. The van der Waals surface area contributed by atoms with Crippen LogP contribution >= 0.6 is 0 Å². The van der Waals surface area contributed by atoms with E-state index in [1.54, 1.807) is 12.1 Å². The van der Waals surface area contributed by atoms with Crippen molar-refractivity contribution in [1.29, 1.82) is 0 Å². The first-order chi connectivity index (χ1) is 14.4. The number of nitrogens with zero attached hydrogens (tertiary/aromatic N) is 1. The summed E-state index contributed by atoms with van der Waals surface area (Å²) < 4.78 is 38.6. The van der Waals surface area contributed by atoms with Gasteiger partial charge in [0.05, 0.1) is 9.79 Å². The summed E-state index contributed by atoms with van der Waals surface area (Å²) in [5.41, 5.74) is 2.10. The second-order valence-electron chi connectivity index (χ2n) is 8.61. The highest BCUT2D eigenvalue weighted by atomic mass is 32.2. The summed E-state index contributed by atoms with van der Waals surface area (Å²) in [6.45, 7) is 6.60. The van der Waals surface area contributed by atoms with E-state index in [1.165, 1.54) is 56.4 Å². The third-order valence-electron chi connectivity index (χ3n) is 6.77. The first kappa shape index (κ1) is 21.3. The van der Waals surface area contributed by atoms with Gasteiger partial charge in [0.2, 0.25) is 9.84 Å². The minimum absolute atomic E-state index is 0.102. The van der Waals surface area contributed by atoms with Gasteiger partial charge in [-0.05, 0) is 92.2 Å². The normalized spacial score (nSPS) is 19.6. The van der Waals surface area contributed by atoms with E-state index in [9.17, 15) is 12.8 Å². The molecule has 1 saturated heterocycles. The van der Waals surface area contributed by atoms with Gasteiger partial charge in [0.25, 0.3) is 0 Å². The first-order valence-electron chi connectivity index (χ1n) is 11.0. The van der Waals surface area contributed by atoms with Crippen molar-refractivity contribution in [1.82, 2.24) is 4.90 Å². The fourth-order valence-corrected chi connectivity index (χ4v) is 6.15. The maximum atomic E-state index is 13.1. The number of allylic oxidation sites excluding steroid dienone is 1. The summed E-state index contributed by atoms with van der Waals surface area (Å²) >= 11 is 0. The first-order valence-corrected chi connectivity index (χ1v) is 12.5. The van der Waals surface area contributed by atoms with Crippen LogP contribution < -0.4 is 0 Å². The SMILES string of the molecule is C=C(c1ccc(S(=O)(=O)c2ccc(F)cc2)cc1)C1CCN(C2CCCCC2)CC1. The Hall–Kier alpha value is -1.98. The zero-order valence-electron chi connectivity index (χ0n) is 17.4. The number of hydrogen-bond acceptors (Lipinski definition) is 3. The minimum Gasteiger partial charge on any atom is -0.300 e. The van der Waals surface area contributed by atoms with Gasteiger partial charge < -0.3 is 4.90 Å². The van der Waals surface area contributed by atoms with Crippen molar-refractivity contribution in [2.75, 3.05) is 13.1 Å². The van der Waals surface area contributed by atoms with Crippen LogP contribution in [0.1, 0.15) is 50.5 Å². The van der Waals surface area contributed by atoms with Crippen molar-refractivity contribution in [3.63, 3.8) is 0 Å². The van der Waals surface area contributed by atoms with Crippen molar-refractivity contribution in [3.8, 4) is 0 Å². The molecule has 0 unspecified atom stereocenters. The van der Waals surface area contributed by atoms with Crippen LogP contribution in [0.3, 0.4) is 0 Å². The summed E-state index contributed by atoms with van der Waals surface area (Å²) in [5.74, 6) is -0.000437. The maximum absolute atomic E-state index is 13.1. The molecule has 30 heavy (non-hydrogen) atoms. The van der Waals surface area contributed by atoms with Gasteiger partial charge in [-0.2, -0.15) is 0 Å². The zero-order valence-corrected chi connectivity index (χ0v) is 18.2. The van der Waals surface area contributed by atoms with Gasteiger partial charge in [0, 0.05) is 6.04 Å². The van der Waals surface area contributed by atoms with E-state index in [-0.39, 0.29) is 9.79 Å². The van der Waals surface area contributed by atoms with Crippen molar-refractivity contribution in [2.24, 2.45) is 5.92 Å². The molecule has 2 aromatic carbocycles. The highest BCUT2D eigenvalue weighted by Gasteiger charge is 2.27. The molecule has 0 N–H and O–H groups in total. The molecule has 4 rings (SSSR count). The van der Waals surface area contributed by atoms with E-state index in [4.69, 9.17) is 0 Å². The van der Waals surface area contributed by atoms with Crippen LogP contribution in [-0.4, -0.2) is 32.4 Å². The van der Waals surface area contributed by atoms with Crippen LogP contribution in [0.2, 0.25) is 0 Å². The van der Waals surface area contributed by atoms with Crippen LogP contribution in [0.15, 0.2) is 64.9 Å². The third kappa shape index (κ3) is 4.52. The fourth-order valence-electron chi connectivity index (χ4n) is 4.89. The van der Waals surface area contributed by atoms with Gasteiger partial charge >= 0.3 is 0 Å². The molecule has 2 aromatic rings. The fraction of sp³-hybridized carbons (Fsp3) is 0.440. The lowest BCUT2D eigenvalue weighted by molar-refractivity contribution is 0.119. The number of likely N-dealkylation sites (tertiary alicyclic amines) is 1. The van der Waals surface area contributed by atoms with Gasteiger partial charge in [0.1, 0.15) is 5.82 Å². The molecule has 1 saturated carbocycles. The van der Waals surface area contributed by atoms with Gasteiger partial charge in [-0.1, -0.05) is 38.0 Å². The van der Waals surface area contributed by atoms with Crippen LogP contribution in [0.25, 0.3) is 5.57 Å². The van der Waals surface area contributed by atoms with Gasteiger partial charge in [-0.15, -0.1) is 0 Å². The molecular formula is C25H30FNO2S. The molecule has 160 valence electrons. The molecule has 0 radical (unpaired) electrons. The molecular weight excluding hydrogens is 397 g/mol. The summed E-state index contributed by atoms with van der Waals surface area (Å²) in [7, 11) is -3.65. The van der Waals surface area contributed by atoms with Crippen LogP contribution in [0.4, 0.5) is 4.39 Å². The van der Waals surface area contributed by atoms with Crippen molar-refractivity contribution in [3.05, 3.63) is 66.5 Å². The van der Waals surface area contributed by atoms with E-state index in [1.807, 2.05) is 12.1 Å². The predicted molar refractivity (Wildman–Crippen MR) is 118 cm³/mol. The standard InChI is InChI=1S/C25H30FNO2S/c1-19(21-15-17-27(18-16-21)23-5-3-2-4-6-23)20-7-11-24(12-8-20)30(28,29)25-13-9-22(26)10-14-25/h7-14,21,23H,1-6,15-18H2. The molecule has 0 bridgehead atoms. The van der Waals surface area contributed by atoms with Gasteiger partial charge in [0.15, 0.2) is 0 Å². The summed E-state index contributed by atoms with van der Waals surface area (Å²) in [5, 5.41) is 0. The Morgan fingerprint density at radius 3 is 1.93 bits per heavy atom. The molecule has 3 nitrogen and oxygen atoms in total. The molecule has 1 heterocycles. The smallest absolute Gasteiger partial charge is 0.206 e. The van der Waals surface area contributed by atoms with Gasteiger partial charge in [-0.3, -0.25) is 0 Å². The summed E-state index contributed by atoms with van der Waals surface area (Å²) in [6.07, 6.45) is 9.03. The molecule has 0 aromatic heterocycles. The maximum Gasteiger partial charge on any atom is 0.206 e. The Morgan fingerprint density at radius 1 is 0.833 bits per heavy atom. The van der Waals surface area contributed by atoms with E-state index in [0.29, 0.717) is 5.92 Å². The van der Waals surface area contributed by atoms with Crippen LogP contribution in [0.5, 0.6) is 0 Å². The molecule has 0 spiro atoms. The lowest BCUT2D eigenvalue weighted by Crippen LogP contribution is -2.42. The Bertz CT molecular complexity index is 969. The lowest BCUT2D eigenvalue weighted by atomic mass is 9.84. The highest BCUT2D eigenvalue weighted by molar-refractivity contribution is 7.91. The average molecular weight is 428 g/mol. The summed E-state index contributed by atoms with van der Waals surface area (Å²) in [4.78, 5) is 2.99. The Balaban J connectivity index is 1.40. The van der Waals surface area contributed by atoms with E-state index in [2.05, 4.69) is 11.5 Å². The van der Waals surface area contributed by atoms with E-state index in [0.717, 1.165) is 43.1 Å². The van der Waals surface area contributed by atoms with Gasteiger partial charge in [-0.25, -0.2) is 12.8 Å². The number of rotatable bonds is 5. The highest BCUT2D eigenvalue weighted by Crippen LogP contribution is 2.34. The molecule has 2 fully saturated rings. The molecule has 0 atom stereocenters. The van der Waals surface area contributed by atoms with Crippen molar-refractivity contribution < 1.29 is 12.8 Å². The topological polar surface area (TPSA) is 37.4 Å². The largest absolute Gasteiger partial charge is 0.300 e. The Labute approximate surface area is 179 Å². The lowest BCUT2D eigenvalue weighted by Gasteiger charge is -2.39. The summed E-state index contributed by atoms with van der Waals surface area (Å²) in [6, 6.07) is 12.7. The minimum atomic E-state index is -3.65. The molecule has 1 aliphatic carbocycles. The van der Waals surface area contributed by atoms with Crippen molar-refractivity contribution in [2.45, 2.75) is 60.8 Å². The number of sulfone groups is 1.